The van der Waals surface area contributed by atoms with Gasteiger partial charge in [0.25, 0.3) is 5.91 Å². The van der Waals surface area contributed by atoms with Gasteiger partial charge in [0.1, 0.15) is 5.82 Å². The van der Waals surface area contributed by atoms with E-state index >= 15 is 0 Å². The van der Waals surface area contributed by atoms with Gasteiger partial charge >= 0.3 is 0 Å². The van der Waals surface area contributed by atoms with E-state index in [1.807, 2.05) is 0 Å². The largest absolute Gasteiger partial charge is 0.459 e. The van der Waals surface area contributed by atoms with Gasteiger partial charge in [-0.1, -0.05) is 11.6 Å². The Balaban J connectivity index is 1.69. The molecule has 2 N–H and O–H groups in total. The molecule has 5 nitrogen and oxygen atoms in total. The van der Waals surface area contributed by atoms with Crippen LogP contribution in [0.15, 0.2) is 41.0 Å². The van der Waals surface area contributed by atoms with Gasteiger partial charge in [-0.25, -0.2) is 4.39 Å². The van der Waals surface area contributed by atoms with Gasteiger partial charge < -0.3 is 15.1 Å². The van der Waals surface area contributed by atoms with Crippen LogP contribution in [0.1, 0.15) is 23.4 Å². The average Bonchev–Trinajstić information content (AvgIpc) is 3.01. The number of amides is 2. The van der Waals surface area contributed by atoms with Crippen molar-refractivity contribution in [2.24, 2.45) is 0 Å². The molecule has 2 rings (SSSR count). The molecule has 116 valence electrons. The normalized spacial score (nSPS) is 10.3. The summed E-state index contributed by atoms with van der Waals surface area (Å²) in [6.07, 6.45) is 2.09. The summed E-state index contributed by atoms with van der Waals surface area (Å²) in [7, 11) is 0. The van der Waals surface area contributed by atoms with Crippen LogP contribution >= 0.6 is 11.6 Å². The first kappa shape index (κ1) is 16.0. The Labute approximate surface area is 131 Å². The maximum absolute atomic E-state index is 13.0. The highest BCUT2D eigenvalue weighted by molar-refractivity contribution is 6.31. The Bertz CT molecular complexity index is 659. The van der Waals surface area contributed by atoms with Crippen LogP contribution in [0.25, 0.3) is 0 Å². The summed E-state index contributed by atoms with van der Waals surface area (Å²) in [5, 5.41) is 5.19. The molecule has 1 aromatic heterocycles. The van der Waals surface area contributed by atoms with Crippen LogP contribution in [0, 0.1) is 5.82 Å². The first-order valence-electron chi connectivity index (χ1n) is 6.63. The van der Waals surface area contributed by atoms with Crippen molar-refractivity contribution in [3.05, 3.63) is 53.2 Å². The zero-order valence-corrected chi connectivity index (χ0v) is 12.3. The van der Waals surface area contributed by atoms with Crippen LogP contribution in [0.4, 0.5) is 10.1 Å². The number of hydrogen-bond acceptors (Lipinski definition) is 3. The Morgan fingerprint density at radius 1 is 1.27 bits per heavy atom. The summed E-state index contributed by atoms with van der Waals surface area (Å²) < 4.78 is 17.9. The van der Waals surface area contributed by atoms with Crippen LogP contribution in [0.5, 0.6) is 0 Å². The Morgan fingerprint density at radius 3 is 2.77 bits per heavy atom. The van der Waals surface area contributed by atoms with Gasteiger partial charge in [-0.2, -0.15) is 0 Å². The summed E-state index contributed by atoms with van der Waals surface area (Å²) in [6.45, 7) is 0.344. The highest BCUT2D eigenvalue weighted by Gasteiger charge is 2.08. The number of carbonyl (C=O) groups is 2. The van der Waals surface area contributed by atoms with E-state index in [1.165, 1.54) is 24.5 Å². The molecule has 0 saturated carbocycles. The lowest BCUT2D eigenvalue weighted by atomic mass is 10.2. The molecule has 1 heterocycles. The van der Waals surface area contributed by atoms with E-state index in [1.54, 1.807) is 12.1 Å². The minimum absolute atomic E-state index is 0.0523. The second kappa shape index (κ2) is 7.61. The minimum atomic E-state index is -0.541. The number of benzene rings is 1. The molecular weight excluding hydrogens is 311 g/mol. The molecule has 0 fully saturated rings. The van der Waals surface area contributed by atoms with E-state index in [2.05, 4.69) is 10.6 Å². The Hall–Kier alpha value is -2.34. The van der Waals surface area contributed by atoms with Crippen molar-refractivity contribution in [2.75, 3.05) is 11.9 Å². The second-order valence-corrected chi connectivity index (χ2v) is 4.92. The third-order valence-electron chi connectivity index (χ3n) is 2.81. The third kappa shape index (κ3) is 4.60. The number of hydrogen-bond donors (Lipinski definition) is 2. The van der Waals surface area contributed by atoms with Crippen molar-refractivity contribution in [1.82, 2.24) is 5.32 Å². The van der Waals surface area contributed by atoms with Crippen LogP contribution in [0.2, 0.25) is 5.02 Å². The molecule has 0 saturated heterocycles. The fraction of sp³-hybridized carbons (Fsp3) is 0.200. The van der Waals surface area contributed by atoms with Crippen molar-refractivity contribution >= 4 is 29.1 Å². The molecule has 0 atom stereocenters. The molecule has 22 heavy (non-hydrogen) atoms. The highest BCUT2D eigenvalue weighted by atomic mass is 35.5. The van der Waals surface area contributed by atoms with Gasteiger partial charge in [0.05, 0.1) is 11.3 Å². The number of furan rings is 1. The van der Waals surface area contributed by atoms with Gasteiger partial charge in [0.2, 0.25) is 5.91 Å². The van der Waals surface area contributed by atoms with Crippen molar-refractivity contribution in [3.8, 4) is 0 Å². The van der Waals surface area contributed by atoms with Crippen LogP contribution in [-0.2, 0) is 4.79 Å². The molecule has 0 aliphatic rings. The van der Waals surface area contributed by atoms with Gasteiger partial charge in [-0.05, 0) is 36.8 Å². The Kier molecular flexibility index (Phi) is 5.55. The molecule has 0 unspecified atom stereocenters. The second-order valence-electron chi connectivity index (χ2n) is 4.51. The highest BCUT2D eigenvalue weighted by Crippen LogP contribution is 2.19. The van der Waals surface area contributed by atoms with Gasteiger partial charge in [-0.3, -0.25) is 9.59 Å². The lowest BCUT2D eigenvalue weighted by molar-refractivity contribution is -0.116. The molecule has 7 heteroatoms. The summed E-state index contributed by atoms with van der Waals surface area (Å²) in [4.78, 5) is 23.3. The van der Waals surface area contributed by atoms with E-state index < -0.39 is 5.82 Å². The van der Waals surface area contributed by atoms with Gasteiger partial charge in [-0.15, -0.1) is 0 Å². The molecule has 2 aromatic rings. The monoisotopic (exact) mass is 324 g/mol. The molecule has 0 aliphatic heterocycles. The third-order valence-corrected chi connectivity index (χ3v) is 3.10. The number of carbonyl (C=O) groups excluding carboxylic acids is 2. The quantitative estimate of drug-likeness (QED) is 0.801. The molecule has 2 amide bonds. The van der Waals surface area contributed by atoms with Crippen molar-refractivity contribution in [2.45, 2.75) is 12.8 Å². The molecular formula is C15H14ClFN2O3. The van der Waals surface area contributed by atoms with Crippen molar-refractivity contribution < 1.29 is 18.4 Å². The number of halogens is 2. The number of rotatable bonds is 6. The van der Waals surface area contributed by atoms with Crippen molar-refractivity contribution in [1.29, 1.82) is 0 Å². The Morgan fingerprint density at radius 2 is 2.09 bits per heavy atom. The molecule has 0 spiro atoms. The topological polar surface area (TPSA) is 71.3 Å². The van der Waals surface area contributed by atoms with E-state index in [0.29, 0.717) is 18.7 Å². The van der Waals surface area contributed by atoms with E-state index in [0.717, 1.165) is 0 Å². The number of nitrogens with one attached hydrogen (secondary N) is 2. The first-order valence-corrected chi connectivity index (χ1v) is 7.00. The predicted octanol–water partition coefficient (Wildman–Crippen LogP) is 3.22. The zero-order chi connectivity index (χ0) is 15.9. The van der Waals surface area contributed by atoms with E-state index in [-0.39, 0.29) is 29.0 Å². The first-order chi connectivity index (χ1) is 10.6. The van der Waals surface area contributed by atoms with Crippen LogP contribution < -0.4 is 10.6 Å². The summed E-state index contributed by atoms with van der Waals surface area (Å²) in [6, 6.07) is 7.13. The van der Waals surface area contributed by atoms with Crippen molar-refractivity contribution in [3.63, 3.8) is 0 Å². The van der Waals surface area contributed by atoms with E-state index in [9.17, 15) is 14.0 Å². The lowest BCUT2D eigenvalue weighted by Crippen LogP contribution is -2.25. The fourth-order valence-corrected chi connectivity index (χ4v) is 1.92. The van der Waals surface area contributed by atoms with Gasteiger partial charge in [0, 0.05) is 18.7 Å². The fourth-order valence-electron chi connectivity index (χ4n) is 1.74. The molecule has 0 aliphatic carbocycles. The standard InChI is InChI=1S/C15H14ClFN2O3/c16-11-9-10(5-6-12(11)17)19-14(20)4-1-7-18-15(21)13-3-2-8-22-13/h2-3,5-6,8-9H,1,4,7H2,(H,18,21)(H,19,20). The summed E-state index contributed by atoms with van der Waals surface area (Å²) in [5.41, 5.74) is 0.427. The van der Waals surface area contributed by atoms with E-state index in [4.69, 9.17) is 16.0 Å². The van der Waals surface area contributed by atoms with Crippen LogP contribution in [-0.4, -0.2) is 18.4 Å². The smallest absolute Gasteiger partial charge is 0.286 e. The average molecular weight is 325 g/mol. The maximum Gasteiger partial charge on any atom is 0.286 e. The number of anilines is 1. The maximum atomic E-state index is 13.0. The molecule has 1 aromatic carbocycles. The predicted molar refractivity (Wildman–Crippen MR) is 80.3 cm³/mol. The summed E-state index contributed by atoms with van der Waals surface area (Å²) in [5.74, 6) is -0.878. The lowest BCUT2D eigenvalue weighted by Gasteiger charge is -2.06. The summed E-state index contributed by atoms with van der Waals surface area (Å²) >= 11 is 5.63. The van der Waals surface area contributed by atoms with Gasteiger partial charge in [0.15, 0.2) is 5.76 Å². The minimum Gasteiger partial charge on any atom is -0.459 e. The SMILES string of the molecule is O=C(CCCNC(=O)c1ccco1)Nc1ccc(F)c(Cl)c1. The molecule has 0 bridgehead atoms. The zero-order valence-electron chi connectivity index (χ0n) is 11.6. The molecule has 0 radical (unpaired) electrons. The van der Waals surface area contributed by atoms with Crippen LogP contribution in [0.3, 0.4) is 0 Å².